The molecular weight excluding hydrogens is 888 g/mol. The van der Waals surface area contributed by atoms with Gasteiger partial charge < -0.3 is 19.8 Å². The van der Waals surface area contributed by atoms with Crippen molar-refractivity contribution in [2.75, 3.05) is 40.9 Å². The molecule has 9 heteroatoms. The Balaban J connectivity index is 3.98. The summed E-state index contributed by atoms with van der Waals surface area (Å²) in [7, 11) is 1.63. The molecule has 70 heavy (non-hydrogen) atoms. The second-order valence-corrected chi connectivity index (χ2v) is 23.9. The van der Waals surface area contributed by atoms with Crippen molar-refractivity contribution in [3.05, 3.63) is 24.3 Å². The quantitative estimate of drug-likeness (QED) is 0.0243. The molecule has 3 N–H and O–H groups in total. The maximum Gasteiger partial charge on any atom is 0.472 e. The molecule has 0 aromatic carbocycles. The number of unbranched alkanes of at least 4 members (excludes halogenated alkanes) is 40. The number of allylic oxidation sites excluding steroid dienone is 4. The summed E-state index contributed by atoms with van der Waals surface area (Å²) in [4.78, 5) is 23.3. The number of aliphatic hydroxyl groups excluding tert-OH is 1. The Morgan fingerprint density at radius 1 is 0.486 bits per heavy atom. The van der Waals surface area contributed by atoms with Crippen LogP contribution < -0.4 is 5.32 Å². The first-order chi connectivity index (χ1) is 34.0. The molecule has 8 nitrogen and oxygen atoms in total. The molecule has 0 aromatic rings. The molecule has 416 valence electrons. The van der Waals surface area contributed by atoms with E-state index >= 15 is 0 Å². The summed E-state index contributed by atoms with van der Waals surface area (Å²) in [6, 6.07) is -0.758. The van der Waals surface area contributed by atoms with Crippen molar-refractivity contribution in [1.29, 1.82) is 0 Å². The van der Waals surface area contributed by atoms with Crippen LogP contribution in [0.25, 0.3) is 0 Å². The smallest absolute Gasteiger partial charge is 0.391 e. The van der Waals surface area contributed by atoms with Gasteiger partial charge in [-0.05, 0) is 44.9 Å². The van der Waals surface area contributed by atoms with Gasteiger partial charge in [-0.1, -0.05) is 282 Å². The molecule has 3 unspecified atom stereocenters. The molecule has 0 aliphatic rings. The van der Waals surface area contributed by atoms with Crippen molar-refractivity contribution >= 4 is 13.7 Å². The van der Waals surface area contributed by atoms with Crippen LogP contribution in [0.1, 0.15) is 309 Å². The summed E-state index contributed by atoms with van der Waals surface area (Å²) in [5, 5.41) is 14.1. The highest BCUT2D eigenvalue weighted by Gasteiger charge is 2.28. The minimum Gasteiger partial charge on any atom is -0.391 e. The van der Waals surface area contributed by atoms with E-state index in [0.717, 1.165) is 44.9 Å². The highest BCUT2D eigenvalue weighted by atomic mass is 31.2. The first kappa shape index (κ1) is 69.0. The Bertz CT molecular complexity index is 1190. The van der Waals surface area contributed by atoms with Crippen molar-refractivity contribution in [2.45, 2.75) is 321 Å². The molecule has 0 bridgehead atoms. The molecule has 0 saturated carbocycles. The summed E-state index contributed by atoms with van der Waals surface area (Å²) >= 11 is 0. The average Bonchev–Trinajstić information content (AvgIpc) is 3.32. The Morgan fingerprint density at radius 3 is 1.17 bits per heavy atom. The number of hydrogen-bond donors (Lipinski definition) is 3. The third-order valence-electron chi connectivity index (χ3n) is 14.2. The van der Waals surface area contributed by atoms with Gasteiger partial charge in [0.2, 0.25) is 5.91 Å². The molecule has 0 radical (unpaired) electrons. The van der Waals surface area contributed by atoms with Crippen LogP contribution in [0.4, 0.5) is 0 Å². The largest absolute Gasteiger partial charge is 0.472 e. The molecule has 1 amide bonds. The van der Waals surface area contributed by atoms with Gasteiger partial charge in [0.25, 0.3) is 0 Å². The van der Waals surface area contributed by atoms with Crippen LogP contribution in [-0.4, -0.2) is 73.4 Å². The fraction of sp³-hybridized carbons (Fsp3) is 0.918. The predicted octanol–water partition coefficient (Wildman–Crippen LogP) is 18.8. The highest BCUT2D eigenvalue weighted by Crippen LogP contribution is 2.43. The lowest BCUT2D eigenvalue weighted by Crippen LogP contribution is -2.46. The van der Waals surface area contributed by atoms with Crippen molar-refractivity contribution in [1.82, 2.24) is 5.32 Å². The first-order valence-electron chi connectivity index (χ1n) is 30.7. The van der Waals surface area contributed by atoms with Crippen LogP contribution in [0.5, 0.6) is 0 Å². The fourth-order valence-corrected chi connectivity index (χ4v) is 10.1. The van der Waals surface area contributed by atoms with Crippen LogP contribution in [0.15, 0.2) is 24.3 Å². The van der Waals surface area contributed by atoms with Gasteiger partial charge >= 0.3 is 7.82 Å². The van der Waals surface area contributed by atoms with Gasteiger partial charge in [0.1, 0.15) is 13.2 Å². The Kier molecular flexibility index (Phi) is 52.1. The zero-order valence-corrected chi connectivity index (χ0v) is 48.4. The van der Waals surface area contributed by atoms with Gasteiger partial charge in [-0.15, -0.1) is 0 Å². The lowest BCUT2D eigenvalue weighted by Gasteiger charge is -2.26. The normalized spacial score (nSPS) is 14.0. The van der Waals surface area contributed by atoms with Gasteiger partial charge in [0.05, 0.1) is 39.9 Å². The van der Waals surface area contributed by atoms with Crippen LogP contribution in [0, 0.1) is 0 Å². The van der Waals surface area contributed by atoms with E-state index in [-0.39, 0.29) is 19.1 Å². The minimum atomic E-state index is -4.32. The zero-order valence-electron chi connectivity index (χ0n) is 47.5. The number of nitrogens with zero attached hydrogens (tertiary/aromatic N) is 1. The molecule has 0 fully saturated rings. The van der Waals surface area contributed by atoms with Gasteiger partial charge in [0.15, 0.2) is 0 Å². The van der Waals surface area contributed by atoms with E-state index in [1.165, 1.54) is 238 Å². The topological polar surface area (TPSA) is 105 Å². The van der Waals surface area contributed by atoms with Gasteiger partial charge in [-0.2, -0.15) is 0 Å². The lowest BCUT2D eigenvalue weighted by molar-refractivity contribution is -0.870. The number of rotatable bonds is 57. The predicted molar refractivity (Wildman–Crippen MR) is 305 cm³/mol. The number of amides is 1. The SMILES string of the molecule is CCCCCCCCCCC/C=C\C/C=C\CCCCCCCCCCCCCCCCCCCC(=O)NC(COP(=O)(O)OCC[N+](C)(C)C)C(O)CCCCCCCCCCCCCCCCC. The summed E-state index contributed by atoms with van der Waals surface area (Å²) < 4.78 is 23.8. The Labute approximate surface area is 436 Å². The molecule has 0 aliphatic heterocycles. The van der Waals surface area contributed by atoms with Crippen molar-refractivity contribution in [3.63, 3.8) is 0 Å². The number of phosphoric ester groups is 1. The molecule has 0 aromatic heterocycles. The summed E-state index contributed by atoms with van der Waals surface area (Å²) in [5.41, 5.74) is 0. The van der Waals surface area contributed by atoms with E-state index < -0.39 is 20.0 Å². The standard InChI is InChI=1S/C61H121N2O6P/c1-6-8-10-12-14-16-18-20-22-23-24-25-26-27-28-29-30-31-32-33-34-35-36-37-38-39-41-43-45-47-49-51-53-55-61(65)62-59(58-69-70(66,67)68-57-56-63(3,4)5)60(64)54-52-50-48-46-44-42-40-21-19-17-15-13-11-9-7-2/h24-25,27-28,59-60,64H,6-23,26,29-58H2,1-5H3,(H-,62,65,66,67)/p+1/b25-24-,28-27-. The number of phosphoric acid groups is 1. The lowest BCUT2D eigenvalue weighted by atomic mass is 10.0. The Morgan fingerprint density at radius 2 is 0.814 bits per heavy atom. The fourth-order valence-electron chi connectivity index (χ4n) is 9.37. The molecule has 3 atom stereocenters. The second kappa shape index (κ2) is 52.8. The van der Waals surface area contributed by atoms with Crippen molar-refractivity contribution < 1.29 is 32.9 Å². The molecule has 0 rings (SSSR count). The number of aliphatic hydroxyl groups is 1. The monoisotopic (exact) mass is 1010 g/mol. The van der Waals surface area contributed by atoms with E-state index in [0.29, 0.717) is 23.9 Å². The average molecular weight is 1010 g/mol. The molecule has 0 heterocycles. The summed E-state index contributed by atoms with van der Waals surface area (Å²) in [6.07, 6.45) is 66.8. The van der Waals surface area contributed by atoms with E-state index in [1.807, 2.05) is 21.1 Å². The Hall–Kier alpha value is -1.02. The molecule has 0 spiro atoms. The number of quaternary nitrogens is 1. The number of carbonyl (C=O) groups is 1. The number of nitrogens with one attached hydrogen (secondary N) is 1. The van der Waals surface area contributed by atoms with E-state index in [4.69, 9.17) is 9.05 Å². The second-order valence-electron chi connectivity index (χ2n) is 22.4. The van der Waals surface area contributed by atoms with Gasteiger partial charge in [0, 0.05) is 6.42 Å². The molecular formula is C61H122N2O6P+. The van der Waals surface area contributed by atoms with Crippen molar-refractivity contribution in [3.8, 4) is 0 Å². The van der Waals surface area contributed by atoms with Crippen LogP contribution >= 0.6 is 7.82 Å². The van der Waals surface area contributed by atoms with E-state index in [9.17, 15) is 19.4 Å². The minimum absolute atomic E-state index is 0.0768. The van der Waals surface area contributed by atoms with Crippen LogP contribution in [-0.2, 0) is 18.4 Å². The van der Waals surface area contributed by atoms with Crippen molar-refractivity contribution in [2.24, 2.45) is 0 Å². The van der Waals surface area contributed by atoms with Crippen LogP contribution in [0.2, 0.25) is 0 Å². The number of hydrogen-bond acceptors (Lipinski definition) is 5. The van der Waals surface area contributed by atoms with E-state index in [1.54, 1.807) is 0 Å². The van der Waals surface area contributed by atoms with E-state index in [2.05, 4.69) is 43.5 Å². The maximum absolute atomic E-state index is 13.0. The van der Waals surface area contributed by atoms with Gasteiger partial charge in [-0.25, -0.2) is 4.57 Å². The maximum atomic E-state index is 13.0. The molecule has 0 saturated heterocycles. The third-order valence-corrected chi connectivity index (χ3v) is 15.2. The third kappa shape index (κ3) is 54.7. The zero-order chi connectivity index (χ0) is 51.3. The summed E-state index contributed by atoms with van der Waals surface area (Å²) in [6.45, 7) is 4.93. The first-order valence-corrected chi connectivity index (χ1v) is 32.2. The number of carbonyl (C=O) groups excluding carboxylic acids is 1. The van der Waals surface area contributed by atoms with Crippen LogP contribution in [0.3, 0.4) is 0 Å². The number of likely N-dealkylation sites (N-methyl/N-ethyl adjacent to an activating group) is 1. The molecule has 0 aliphatic carbocycles. The summed E-state index contributed by atoms with van der Waals surface area (Å²) in [5.74, 6) is -0.139. The van der Waals surface area contributed by atoms with Gasteiger partial charge in [-0.3, -0.25) is 13.8 Å². The highest BCUT2D eigenvalue weighted by molar-refractivity contribution is 7.47.